The molecule has 104 valence electrons. The Morgan fingerprint density at radius 2 is 1.94 bits per heavy atom. The highest BCUT2D eigenvalue weighted by Gasteiger charge is 2.37. The molecule has 0 aromatic rings. The number of likely N-dealkylation sites (tertiary alicyclic amines) is 1. The second-order valence-electron chi connectivity index (χ2n) is 5.73. The highest BCUT2D eigenvalue weighted by atomic mass is 16.5. The molecule has 1 aliphatic heterocycles. The molecule has 2 rings (SSSR count). The first kappa shape index (κ1) is 13.8. The standard InChI is InChI=1S/C14H25NO3/c1-2-18-13(16)12-5-7-14(17,8-6-12)11-15-9-3-4-10-15/h12,17H,2-11H2,1H3. The van der Waals surface area contributed by atoms with E-state index in [2.05, 4.69) is 4.90 Å². The third-order valence-corrected chi connectivity index (χ3v) is 4.25. The smallest absolute Gasteiger partial charge is 0.308 e. The van der Waals surface area contributed by atoms with Gasteiger partial charge >= 0.3 is 5.97 Å². The molecule has 0 spiro atoms. The van der Waals surface area contributed by atoms with Crippen molar-refractivity contribution in [1.82, 2.24) is 4.90 Å². The van der Waals surface area contributed by atoms with Crippen molar-refractivity contribution in [3.63, 3.8) is 0 Å². The Bertz CT molecular complexity index is 279. The summed E-state index contributed by atoms with van der Waals surface area (Å²) < 4.78 is 5.05. The predicted molar refractivity (Wildman–Crippen MR) is 69.2 cm³/mol. The van der Waals surface area contributed by atoms with E-state index in [1.165, 1.54) is 12.8 Å². The normalized spacial score (nSPS) is 33.6. The number of nitrogens with zero attached hydrogens (tertiary/aromatic N) is 1. The van der Waals surface area contributed by atoms with Gasteiger partial charge in [-0.25, -0.2) is 0 Å². The molecule has 4 nitrogen and oxygen atoms in total. The third-order valence-electron chi connectivity index (χ3n) is 4.25. The van der Waals surface area contributed by atoms with Crippen LogP contribution in [0.3, 0.4) is 0 Å². The van der Waals surface area contributed by atoms with Gasteiger partial charge in [0.2, 0.25) is 0 Å². The van der Waals surface area contributed by atoms with Crippen LogP contribution in [0.4, 0.5) is 0 Å². The van der Waals surface area contributed by atoms with Crippen molar-refractivity contribution in [3.05, 3.63) is 0 Å². The molecule has 1 saturated heterocycles. The fourth-order valence-electron chi connectivity index (χ4n) is 3.17. The molecular weight excluding hydrogens is 230 g/mol. The summed E-state index contributed by atoms with van der Waals surface area (Å²) in [5.74, 6) is -0.0791. The first-order valence-electron chi connectivity index (χ1n) is 7.24. The summed E-state index contributed by atoms with van der Waals surface area (Å²) in [5.41, 5.74) is -0.576. The number of hydrogen-bond acceptors (Lipinski definition) is 4. The summed E-state index contributed by atoms with van der Waals surface area (Å²) in [6, 6.07) is 0. The van der Waals surface area contributed by atoms with Crippen LogP contribution in [-0.4, -0.2) is 47.8 Å². The number of esters is 1. The Kier molecular flexibility index (Phi) is 4.62. The van der Waals surface area contributed by atoms with E-state index >= 15 is 0 Å². The van der Waals surface area contributed by atoms with Crippen molar-refractivity contribution in [2.45, 2.75) is 51.0 Å². The minimum Gasteiger partial charge on any atom is -0.466 e. The summed E-state index contributed by atoms with van der Waals surface area (Å²) >= 11 is 0. The van der Waals surface area contributed by atoms with Gasteiger partial charge in [-0.15, -0.1) is 0 Å². The van der Waals surface area contributed by atoms with Crippen LogP contribution in [0, 0.1) is 5.92 Å². The van der Waals surface area contributed by atoms with Crippen LogP contribution in [0.1, 0.15) is 45.4 Å². The molecule has 18 heavy (non-hydrogen) atoms. The summed E-state index contributed by atoms with van der Waals surface area (Å²) in [7, 11) is 0. The third kappa shape index (κ3) is 3.45. The zero-order valence-electron chi connectivity index (χ0n) is 11.4. The topological polar surface area (TPSA) is 49.8 Å². The Morgan fingerprint density at radius 1 is 1.33 bits per heavy atom. The van der Waals surface area contributed by atoms with E-state index in [4.69, 9.17) is 4.74 Å². The summed E-state index contributed by atoms with van der Waals surface area (Å²) in [6.07, 6.45) is 5.50. The molecule has 0 bridgehead atoms. The van der Waals surface area contributed by atoms with Crippen molar-refractivity contribution in [3.8, 4) is 0 Å². The van der Waals surface area contributed by atoms with E-state index in [1.54, 1.807) is 0 Å². The molecule has 1 N–H and O–H groups in total. The molecule has 4 heteroatoms. The van der Waals surface area contributed by atoms with Crippen LogP contribution in [0.25, 0.3) is 0 Å². The van der Waals surface area contributed by atoms with Gasteiger partial charge in [0.1, 0.15) is 0 Å². The Hall–Kier alpha value is -0.610. The quantitative estimate of drug-likeness (QED) is 0.775. The lowest BCUT2D eigenvalue weighted by Gasteiger charge is -2.37. The maximum Gasteiger partial charge on any atom is 0.308 e. The summed E-state index contributed by atoms with van der Waals surface area (Å²) in [6.45, 7) is 5.30. The van der Waals surface area contributed by atoms with E-state index in [0.717, 1.165) is 45.3 Å². The molecule has 1 heterocycles. The van der Waals surface area contributed by atoms with Crippen LogP contribution in [0.5, 0.6) is 0 Å². The van der Waals surface area contributed by atoms with Crippen LogP contribution >= 0.6 is 0 Å². The first-order valence-corrected chi connectivity index (χ1v) is 7.24. The molecular formula is C14H25NO3. The van der Waals surface area contributed by atoms with Crippen molar-refractivity contribution in [2.24, 2.45) is 5.92 Å². The molecule has 1 aliphatic carbocycles. The second kappa shape index (κ2) is 6.02. The maximum atomic E-state index is 11.6. The minimum absolute atomic E-state index is 0.00352. The second-order valence-corrected chi connectivity index (χ2v) is 5.73. The average Bonchev–Trinajstić information content (AvgIpc) is 2.82. The highest BCUT2D eigenvalue weighted by Crippen LogP contribution is 2.34. The van der Waals surface area contributed by atoms with E-state index in [0.29, 0.717) is 6.61 Å². The maximum absolute atomic E-state index is 11.6. The van der Waals surface area contributed by atoms with E-state index < -0.39 is 5.60 Å². The molecule has 0 unspecified atom stereocenters. The van der Waals surface area contributed by atoms with E-state index in [-0.39, 0.29) is 11.9 Å². The molecule has 0 amide bonds. The van der Waals surface area contributed by atoms with Crippen LogP contribution in [0.2, 0.25) is 0 Å². The number of hydrogen-bond donors (Lipinski definition) is 1. The van der Waals surface area contributed by atoms with Gasteiger partial charge in [0, 0.05) is 6.54 Å². The zero-order chi connectivity index (χ0) is 13.0. The van der Waals surface area contributed by atoms with Gasteiger partial charge in [-0.2, -0.15) is 0 Å². The van der Waals surface area contributed by atoms with Gasteiger partial charge < -0.3 is 14.7 Å². The van der Waals surface area contributed by atoms with Gasteiger partial charge in [-0.05, 0) is 58.5 Å². The minimum atomic E-state index is -0.576. The van der Waals surface area contributed by atoms with Crippen molar-refractivity contribution in [2.75, 3.05) is 26.2 Å². The molecule has 1 saturated carbocycles. The molecule has 2 fully saturated rings. The Labute approximate surface area is 109 Å². The highest BCUT2D eigenvalue weighted by molar-refractivity contribution is 5.72. The van der Waals surface area contributed by atoms with Gasteiger partial charge in [0.15, 0.2) is 0 Å². The number of aliphatic hydroxyl groups is 1. The zero-order valence-corrected chi connectivity index (χ0v) is 11.4. The lowest BCUT2D eigenvalue weighted by atomic mass is 9.78. The monoisotopic (exact) mass is 255 g/mol. The van der Waals surface area contributed by atoms with E-state index in [1.807, 2.05) is 6.92 Å². The molecule has 2 aliphatic rings. The lowest BCUT2D eigenvalue weighted by molar-refractivity contribution is -0.151. The largest absolute Gasteiger partial charge is 0.466 e. The van der Waals surface area contributed by atoms with Gasteiger partial charge in [0.05, 0.1) is 18.1 Å². The van der Waals surface area contributed by atoms with Gasteiger partial charge in [-0.3, -0.25) is 4.79 Å². The molecule has 0 atom stereocenters. The first-order chi connectivity index (χ1) is 8.63. The van der Waals surface area contributed by atoms with Crippen molar-refractivity contribution >= 4 is 5.97 Å². The number of β-amino-alcohol motifs (C(OH)–C–C–N with tert-alkyl or cyclic N) is 1. The Morgan fingerprint density at radius 3 is 2.50 bits per heavy atom. The Balaban J connectivity index is 1.79. The number of rotatable bonds is 4. The van der Waals surface area contributed by atoms with Crippen LogP contribution in [-0.2, 0) is 9.53 Å². The van der Waals surface area contributed by atoms with Crippen LogP contribution in [0.15, 0.2) is 0 Å². The van der Waals surface area contributed by atoms with Crippen molar-refractivity contribution in [1.29, 1.82) is 0 Å². The fraction of sp³-hybridized carbons (Fsp3) is 0.929. The molecule has 0 radical (unpaired) electrons. The number of ether oxygens (including phenoxy) is 1. The van der Waals surface area contributed by atoms with Gasteiger partial charge in [0.25, 0.3) is 0 Å². The average molecular weight is 255 g/mol. The molecule has 0 aromatic heterocycles. The predicted octanol–water partition coefficient (Wildman–Crippen LogP) is 1.57. The van der Waals surface area contributed by atoms with Gasteiger partial charge in [-0.1, -0.05) is 0 Å². The molecule has 0 aromatic carbocycles. The van der Waals surface area contributed by atoms with Crippen molar-refractivity contribution < 1.29 is 14.6 Å². The summed E-state index contributed by atoms with van der Waals surface area (Å²) in [4.78, 5) is 14.0. The number of carbonyl (C=O) groups excluding carboxylic acids is 1. The van der Waals surface area contributed by atoms with E-state index in [9.17, 15) is 9.90 Å². The fourth-order valence-corrected chi connectivity index (χ4v) is 3.17. The lowest BCUT2D eigenvalue weighted by Crippen LogP contribution is -2.45. The summed E-state index contributed by atoms with van der Waals surface area (Å²) in [5, 5.41) is 10.6. The number of carbonyl (C=O) groups is 1. The SMILES string of the molecule is CCOC(=O)C1CCC(O)(CN2CCCC2)CC1. The van der Waals surface area contributed by atoms with Crippen LogP contribution < -0.4 is 0 Å².